The number of nitrogens with zero attached hydrogens (tertiary/aromatic N) is 4. The smallest absolute Gasteiger partial charge is 0.252 e. The summed E-state index contributed by atoms with van der Waals surface area (Å²) in [7, 11) is 0. The first-order chi connectivity index (χ1) is 15.7. The maximum Gasteiger partial charge on any atom is 0.252 e. The molecule has 0 bridgehead atoms. The molecular weight excluding hydrogens is 422 g/mol. The Bertz CT molecular complexity index is 1240. The number of pyridine rings is 1. The monoisotopic (exact) mass is 445 g/mol. The molecule has 2 amide bonds. The zero-order chi connectivity index (χ0) is 22.1. The van der Waals surface area contributed by atoms with E-state index in [2.05, 4.69) is 33.2 Å². The van der Waals surface area contributed by atoms with Crippen molar-refractivity contribution >= 4 is 34.5 Å². The molecule has 8 heteroatoms. The molecule has 0 saturated carbocycles. The van der Waals surface area contributed by atoms with Crippen LogP contribution >= 0.6 is 11.8 Å². The van der Waals surface area contributed by atoms with Crippen LogP contribution < -0.4 is 5.32 Å². The Labute approximate surface area is 190 Å². The number of carbonyl (C=O) groups excluding carboxylic acids is 2. The van der Waals surface area contributed by atoms with E-state index in [0.29, 0.717) is 17.2 Å². The maximum atomic E-state index is 13.0. The molecule has 2 aliphatic rings. The zero-order valence-corrected chi connectivity index (χ0v) is 18.4. The molecule has 32 heavy (non-hydrogen) atoms. The van der Waals surface area contributed by atoms with E-state index in [4.69, 9.17) is 0 Å². The van der Waals surface area contributed by atoms with Gasteiger partial charge >= 0.3 is 0 Å². The minimum absolute atomic E-state index is 0.133. The first kappa shape index (κ1) is 20.6. The minimum Gasteiger partial charge on any atom is -0.343 e. The standard InChI is InChI=1S/C24H23N5O2S/c25-12-18-14-32-15-29(18)23(30)13-27-24(31)19-7-9-26-21-6-5-17(11-20(19)21)28-10-8-16-3-1-2-4-22(16)28/h5-11,18H,1-4,13-15H2,(H,27,31). The fraction of sp³-hybridized carbons (Fsp3) is 0.333. The molecule has 2 aromatic heterocycles. The van der Waals surface area contributed by atoms with E-state index in [1.807, 2.05) is 18.2 Å². The number of hydrogen-bond acceptors (Lipinski definition) is 5. The van der Waals surface area contributed by atoms with Gasteiger partial charge in [-0.1, -0.05) is 0 Å². The summed E-state index contributed by atoms with van der Waals surface area (Å²) >= 11 is 1.54. The lowest BCUT2D eigenvalue weighted by molar-refractivity contribution is -0.129. The van der Waals surface area contributed by atoms with E-state index in [9.17, 15) is 14.9 Å². The molecule has 1 unspecified atom stereocenters. The molecule has 1 aromatic carbocycles. The van der Waals surface area contributed by atoms with Gasteiger partial charge in [0.05, 0.1) is 29.6 Å². The van der Waals surface area contributed by atoms with Gasteiger partial charge in [0.2, 0.25) is 5.91 Å². The Balaban J connectivity index is 1.40. The number of aromatic nitrogens is 2. The lowest BCUT2D eigenvalue weighted by Crippen LogP contribution is -2.42. The van der Waals surface area contributed by atoms with Gasteiger partial charge in [-0.3, -0.25) is 14.6 Å². The van der Waals surface area contributed by atoms with Crippen molar-refractivity contribution in [2.45, 2.75) is 31.7 Å². The van der Waals surface area contributed by atoms with Crippen molar-refractivity contribution in [2.75, 3.05) is 18.2 Å². The van der Waals surface area contributed by atoms with Crippen molar-refractivity contribution in [3.8, 4) is 11.8 Å². The van der Waals surface area contributed by atoms with Gasteiger partial charge < -0.3 is 14.8 Å². The van der Waals surface area contributed by atoms with E-state index in [-0.39, 0.29) is 18.4 Å². The van der Waals surface area contributed by atoms with Crippen molar-refractivity contribution in [1.29, 1.82) is 5.26 Å². The van der Waals surface area contributed by atoms with Crippen molar-refractivity contribution in [3.05, 3.63) is 59.5 Å². The summed E-state index contributed by atoms with van der Waals surface area (Å²) in [6, 6.07) is 11.5. The minimum atomic E-state index is -0.429. The van der Waals surface area contributed by atoms with Crippen LogP contribution in [-0.4, -0.2) is 50.5 Å². The average molecular weight is 446 g/mol. The molecule has 1 fully saturated rings. The topological polar surface area (TPSA) is 91.0 Å². The lowest BCUT2D eigenvalue weighted by atomic mass is 9.98. The zero-order valence-electron chi connectivity index (χ0n) is 17.6. The van der Waals surface area contributed by atoms with Gasteiger partial charge in [0, 0.05) is 34.9 Å². The van der Waals surface area contributed by atoms with Crippen LogP contribution in [0.25, 0.3) is 16.6 Å². The highest BCUT2D eigenvalue weighted by atomic mass is 32.2. The summed E-state index contributed by atoms with van der Waals surface area (Å²) in [4.78, 5) is 31.4. The van der Waals surface area contributed by atoms with E-state index in [0.717, 1.165) is 29.4 Å². The van der Waals surface area contributed by atoms with Gasteiger partial charge in [-0.15, -0.1) is 11.8 Å². The Kier molecular flexibility index (Phi) is 5.58. The quantitative estimate of drug-likeness (QED) is 0.667. The molecule has 1 aliphatic carbocycles. The Morgan fingerprint density at radius 2 is 2.09 bits per heavy atom. The number of aryl methyl sites for hydroxylation is 1. The SMILES string of the molecule is N#CC1CSCN1C(=O)CNC(=O)c1ccnc2ccc(-n3ccc4c3CCCC4)cc12. The highest BCUT2D eigenvalue weighted by Crippen LogP contribution is 2.27. The lowest BCUT2D eigenvalue weighted by Gasteiger charge is -2.19. The van der Waals surface area contributed by atoms with Crippen LogP contribution in [0.15, 0.2) is 42.7 Å². The summed E-state index contributed by atoms with van der Waals surface area (Å²) in [6.07, 6.45) is 8.30. The Morgan fingerprint density at radius 3 is 2.97 bits per heavy atom. The summed E-state index contributed by atoms with van der Waals surface area (Å²) in [6.45, 7) is -0.133. The van der Waals surface area contributed by atoms with Gasteiger partial charge in [-0.2, -0.15) is 5.26 Å². The van der Waals surface area contributed by atoms with Crippen LogP contribution in [0.5, 0.6) is 0 Å². The van der Waals surface area contributed by atoms with Crippen LogP contribution in [0.3, 0.4) is 0 Å². The molecule has 1 N–H and O–H groups in total. The first-order valence-electron chi connectivity index (χ1n) is 10.8. The van der Waals surface area contributed by atoms with Crippen LogP contribution in [0.2, 0.25) is 0 Å². The number of fused-ring (bicyclic) bond motifs is 2. The number of nitrogens with one attached hydrogen (secondary N) is 1. The van der Waals surface area contributed by atoms with Crippen LogP contribution in [0.4, 0.5) is 0 Å². The number of thioether (sulfide) groups is 1. The molecule has 3 heterocycles. The Hall–Kier alpha value is -3.31. The molecule has 5 rings (SSSR count). The molecule has 0 radical (unpaired) electrons. The van der Waals surface area contributed by atoms with E-state index in [1.54, 1.807) is 24.0 Å². The van der Waals surface area contributed by atoms with E-state index in [1.165, 1.54) is 29.0 Å². The van der Waals surface area contributed by atoms with E-state index >= 15 is 0 Å². The maximum absolute atomic E-state index is 13.0. The summed E-state index contributed by atoms with van der Waals surface area (Å²) < 4.78 is 2.21. The van der Waals surface area contributed by atoms with Crippen molar-refractivity contribution in [2.24, 2.45) is 0 Å². The van der Waals surface area contributed by atoms with Crippen molar-refractivity contribution < 1.29 is 9.59 Å². The summed E-state index contributed by atoms with van der Waals surface area (Å²) in [5.41, 5.74) is 4.96. The molecule has 1 atom stereocenters. The van der Waals surface area contributed by atoms with Gasteiger partial charge in [0.1, 0.15) is 6.04 Å². The number of rotatable bonds is 4. The number of amides is 2. The van der Waals surface area contributed by atoms with Crippen LogP contribution in [0, 0.1) is 11.3 Å². The second kappa shape index (κ2) is 8.67. The highest BCUT2D eigenvalue weighted by Gasteiger charge is 2.29. The predicted molar refractivity (Wildman–Crippen MR) is 124 cm³/mol. The van der Waals surface area contributed by atoms with E-state index < -0.39 is 6.04 Å². The first-order valence-corrected chi connectivity index (χ1v) is 11.9. The van der Waals surface area contributed by atoms with Crippen molar-refractivity contribution in [1.82, 2.24) is 19.8 Å². The second-order valence-electron chi connectivity index (χ2n) is 8.12. The number of benzene rings is 1. The molecule has 0 spiro atoms. The van der Waals surface area contributed by atoms with Crippen LogP contribution in [0.1, 0.15) is 34.5 Å². The average Bonchev–Trinajstić information content (AvgIpc) is 3.48. The third kappa shape index (κ3) is 3.73. The Morgan fingerprint density at radius 1 is 1.22 bits per heavy atom. The third-order valence-corrected chi connectivity index (χ3v) is 7.21. The van der Waals surface area contributed by atoms with Crippen LogP contribution in [-0.2, 0) is 17.6 Å². The second-order valence-corrected chi connectivity index (χ2v) is 9.12. The predicted octanol–water partition coefficient (Wildman–Crippen LogP) is 3.06. The number of hydrogen-bond donors (Lipinski definition) is 1. The molecule has 3 aromatic rings. The molecule has 162 valence electrons. The summed E-state index contributed by atoms with van der Waals surface area (Å²) in [5.74, 6) is 0.526. The molecule has 1 aliphatic heterocycles. The van der Waals surface area contributed by atoms with Gasteiger partial charge in [0.25, 0.3) is 5.91 Å². The summed E-state index contributed by atoms with van der Waals surface area (Å²) in [5, 5.41) is 12.7. The third-order valence-electron chi connectivity index (χ3n) is 6.20. The number of nitriles is 1. The van der Waals surface area contributed by atoms with Gasteiger partial charge in [-0.05, 0) is 61.6 Å². The number of carbonyl (C=O) groups is 2. The molecule has 1 saturated heterocycles. The normalized spacial score (nSPS) is 17.7. The van der Waals surface area contributed by atoms with Gasteiger partial charge in [0.15, 0.2) is 0 Å². The largest absolute Gasteiger partial charge is 0.343 e. The molecule has 7 nitrogen and oxygen atoms in total. The molecular formula is C24H23N5O2S. The highest BCUT2D eigenvalue weighted by molar-refractivity contribution is 7.99. The van der Waals surface area contributed by atoms with Gasteiger partial charge in [-0.25, -0.2) is 0 Å². The fourth-order valence-electron chi connectivity index (χ4n) is 4.49. The fourth-order valence-corrected chi connectivity index (χ4v) is 5.60. The van der Waals surface area contributed by atoms with Crippen molar-refractivity contribution in [3.63, 3.8) is 0 Å².